The Balaban J connectivity index is 1.74. The molecule has 1 atom stereocenters. The Labute approximate surface area is 166 Å². The summed E-state index contributed by atoms with van der Waals surface area (Å²) in [4.78, 5) is 12.7. The molecule has 1 aliphatic rings. The number of rotatable bonds is 6. The number of benzene rings is 2. The third-order valence-electron chi connectivity index (χ3n) is 4.86. The van der Waals surface area contributed by atoms with Crippen LogP contribution in [0.25, 0.3) is 0 Å². The number of aryl methyl sites for hydroxylation is 1. The molecule has 1 aliphatic heterocycles. The molecule has 0 saturated heterocycles. The van der Waals surface area contributed by atoms with Crippen molar-refractivity contribution < 1.29 is 17.9 Å². The van der Waals surface area contributed by atoms with Crippen LogP contribution >= 0.6 is 0 Å². The second-order valence-electron chi connectivity index (χ2n) is 6.98. The molecule has 0 aliphatic carbocycles. The highest BCUT2D eigenvalue weighted by Gasteiger charge is 2.25. The van der Waals surface area contributed by atoms with Crippen molar-refractivity contribution in [1.82, 2.24) is 5.32 Å². The monoisotopic (exact) mass is 402 g/mol. The lowest BCUT2D eigenvalue weighted by atomic mass is 10.00. The number of hydrogen-bond acceptors (Lipinski definition) is 4. The summed E-state index contributed by atoms with van der Waals surface area (Å²) in [5.74, 6) is 0.621. The molecule has 28 heavy (non-hydrogen) atoms. The summed E-state index contributed by atoms with van der Waals surface area (Å²) in [6.45, 7) is 4.95. The Morgan fingerprint density at radius 3 is 2.57 bits per heavy atom. The first-order chi connectivity index (χ1) is 13.3. The van der Waals surface area contributed by atoms with Gasteiger partial charge in [-0.05, 0) is 68.1 Å². The van der Waals surface area contributed by atoms with E-state index in [9.17, 15) is 13.2 Å². The minimum Gasteiger partial charge on any atom is -0.494 e. The van der Waals surface area contributed by atoms with E-state index in [0.29, 0.717) is 24.4 Å². The number of amides is 1. The van der Waals surface area contributed by atoms with Gasteiger partial charge in [-0.25, -0.2) is 8.42 Å². The quantitative estimate of drug-likeness (QED) is 0.804. The van der Waals surface area contributed by atoms with E-state index in [4.69, 9.17) is 4.74 Å². The molecule has 0 aromatic heterocycles. The molecule has 6 nitrogen and oxygen atoms in total. The van der Waals surface area contributed by atoms with Gasteiger partial charge in [-0.15, -0.1) is 0 Å². The Morgan fingerprint density at radius 2 is 1.93 bits per heavy atom. The van der Waals surface area contributed by atoms with Crippen LogP contribution in [0.5, 0.6) is 5.75 Å². The molecule has 2 aromatic rings. The zero-order valence-corrected chi connectivity index (χ0v) is 17.3. The number of hydrogen-bond donors (Lipinski definition) is 1. The first-order valence-corrected chi connectivity index (χ1v) is 11.3. The van der Waals surface area contributed by atoms with Gasteiger partial charge in [-0.1, -0.05) is 12.1 Å². The fourth-order valence-electron chi connectivity index (χ4n) is 3.43. The molecule has 7 heteroatoms. The van der Waals surface area contributed by atoms with Crippen molar-refractivity contribution in [3.63, 3.8) is 0 Å². The van der Waals surface area contributed by atoms with Crippen molar-refractivity contribution in [3.05, 3.63) is 59.2 Å². The van der Waals surface area contributed by atoms with Gasteiger partial charge in [0.2, 0.25) is 10.0 Å². The van der Waals surface area contributed by atoms with Gasteiger partial charge >= 0.3 is 0 Å². The van der Waals surface area contributed by atoms with Gasteiger partial charge in [-0.3, -0.25) is 9.10 Å². The smallest absolute Gasteiger partial charge is 0.251 e. The van der Waals surface area contributed by atoms with Crippen LogP contribution in [0.2, 0.25) is 0 Å². The van der Waals surface area contributed by atoms with Crippen molar-refractivity contribution in [2.45, 2.75) is 32.7 Å². The lowest BCUT2D eigenvalue weighted by Crippen LogP contribution is -2.35. The molecule has 1 heterocycles. The van der Waals surface area contributed by atoms with Crippen LogP contribution in [-0.4, -0.2) is 33.7 Å². The van der Waals surface area contributed by atoms with E-state index in [1.807, 2.05) is 38.1 Å². The van der Waals surface area contributed by atoms with Crippen LogP contribution in [0.3, 0.4) is 0 Å². The van der Waals surface area contributed by atoms with Crippen molar-refractivity contribution >= 4 is 21.6 Å². The van der Waals surface area contributed by atoms with Crippen molar-refractivity contribution in [2.24, 2.45) is 0 Å². The lowest BCUT2D eigenvalue weighted by molar-refractivity contribution is 0.0940. The Hall–Kier alpha value is -2.54. The normalized spacial score (nSPS) is 14.9. The number of ether oxygens (including phenoxy) is 1. The fourth-order valence-corrected chi connectivity index (χ4v) is 4.43. The highest BCUT2D eigenvalue weighted by Crippen LogP contribution is 2.30. The van der Waals surface area contributed by atoms with Crippen LogP contribution in [0.4, 0.5) is 5.69 Å². The predicted molar refractivity (Wildman–Crippen MR) is 110 cm³/mol. The van der Waals surface area contributed by atoms with Gasteiger partial charge < -0.3 is 10.1 Å². The maximum atomic E-state index is 12.7. The molecule has 0 saturated carbocycles. The first-order valence-electron chi connectivity index (χ1n) is 9.44. The summed E-state index contributed by atoms with van der Waals surface area (Å²) in [5.41, 5.74) is 3.08. The molecule has 3 rings (SSSR count). The van der Waals surface area contributed by atoms with E-state index >= 15 is 0 Å². The average molecular weight is 403 g/mol. The van der Waals surface area contributed by atoms with E-state index in [2.05, 4.69) is 5.32 Å². The summed E-state index contributed by atoms with van der Waals surface area (Å²) in [7, 11) is -3.31. The van der Waals surface area contributed by atoms with Gasteiger partial charge in [0.25, 0.3) is 5.91 Å². The number of sulfonamides is 1. The molecular formula is C21H26N2O4S. The topological polar surface area (TPSA) is 75.7 Å². The molecule has 0 fully saturated rings. The van der Waals surface area contributed by atoms with Crippen molar-refractivity contribution in [3.8, 4) is 5.75 Å². The summed E-state index contributed by atoms with van der Waals surface area (Å²) in [6, 6.07) is 12.7. The number of anilines is 1. The van der Waals surface area contributed by atoms with Crippen molar-refractivity contribution in [1.29, 1.82) is 0 Å². The standard InChI is InChI=1S/C21H26N2O4S/c1-4-27-19-10-7-16(8-11-19)15(2)22-21(24)18-9-12-20-17(14-18)6-5-13-23(20)28(3,25)26/h7-12,14-15H,4-6,13H2,1-3H3,(H,22,24)/t15-/m1/s1. The van der Waals surface area contributed by atoms with E-state index in [1.165, 1.54) is 10.6 Å². The third-order valence-corrected chi connectivity index (χ3v) is 6.04. The number of nitrogens with one attached hydrogen (secondary N) is 1. The minimum atomic E-state index is -3.31. The molecule has 0 spiro atoms. The first kappa shape index (κ1) is 20.2. The Kier molecular flexibility index (Phi) is 5.93. The summed E-state index contributed by atoms with van der Waals surface area (Å²) in [5, 5.41) is 3.00. The van der Waals surface area contributed by atoms with Gasteiger partial charge in [-0.2, -0.15) is 0 Å². The molecule has 2 aromatic carbocycles. The molecule has 0 unspecified atom stereocenters. The summed E-state index contributed by atoms with van der Waals surface area (Å²) < 4.78 is 30.8. The molecule has 150 valence electrons. The second kappa shape index (κ2) is 8.22. The van der Waals surface area contributed by atoms with Crippen LogP contribution in [0.15, 0.2) is 42.5 Å². The SMILES string of the molecule is CCOc1ccc([C@@H](C)NC(=O)c2ccc3c(c2)CCCN3S(C)(=O)=O)cc1. The number of carbonyl (C=O) groups is 1. The number of carbonyl (C=O) groups excluding carboxylic acids is 1. The maximum absolute atomic E-state index is 12.7. The van der Waals surface area contributed by atoms with Gasteiger partial charge in [0.15, 0.2) is 0 Å². The van der Waals surface area contributed by atoms with E-state index in [1.54, 1.807) is 18.2 Å². The van der Waals surface area contributed by atoms with Crippen LogP contribution < -0.4 is 14.4 Å². The van der Waals surface area contributed by atoms with E-state index in [-0.39, 0.29) is 11.9 Å². The van der Waals surface area contributed by atoms with Crippen molar-refractivity contribution in [2.75, 3.05) is 23.7 Å². The van der Waals surface area contributed by atoms with Crippen LogP contribution in [-0.2, 0) is 16.4 Å². The van der Waals surface area contributed by atoms with Gasteiger partial charge in [0.05, 0.1) is 24.6 Å². The van der Waals surface area contributed by atoms with E-state index < -0.39 is 10.0 Å². The zero-order chi connectivity index (χ0) is 20.3. The van der Waals surface area contributed by atoms with Crippen LogP contribution in [0.1, 0.15) is 47.8 Å². The second-order valence-corrected chi connectivity index (χ2v) is 8.89. The molecule has 0 bridgehead atoms. The largest absolute Gasteiger partial charge is 0.494 e. The Morgan fingerprint density at radius 1 is 1.21 bits per heavy atom. The lowest BCUT2D eigenvalue weighted by Gasteiger charge is -2.29. The highest BCUT2D eigenvalue weighted by molar-refractivity contribution is 7.92. The molecule has 1 N–H and O–H groups in total. The highest BCUT2D eigenvalue weighted by atomic mass is 32.2. The molecule has 0 radical (unpaired) electrons. The summed E-state index contributed by atoms with van der Waals surface area (Å²) >= 11 is 0. The fraction of sp³-hybridized carbons (Fsp3) is 0.381. The van der Waals surface area contributed by atoms with Gasteiger partial charge in [0.1, 0.15) is 5.75 Å². The molecule has 1 amide bonds. The number of nitrogens with zero attached hydrogens (tertiary/aromatic N) is 1. The zero-order valence-electron chi connectivity index (χ0n) is 16.4. The van der Waals surface area contributed by atoms with Crippen LogP contribution in [0, 0.1) is 0 Å². The maximum Gasteiger partial charge on any atom is 0.251 e. The molecular weight excluding hydrogens is 376 g/mol. The predicted octanol–water partition coefficient (Wildman–Crippen LogP) is 3.29. The number of fused-ring (bicyclic) bond motifs is 1. The third kappa shape index (κ3) is 4.47. The Bertz CT molecular complexity index is 955. The average Bonchev–Trinajstić information content (AvgIpc) is 2.67. The minimum absolute atomic E-state index is 0.160. The summed E-state index contributed by atoms with van der Waals surface area (Å²) in [6.07, 6.45) is 2.71. The van der Waals surface area contributed by atoms with E-state index in [0.717, 1.165) is 29.7 Å². The van der Waals surface area contributed by atoms with Gasteiger partial charge in [0, 0.05) is 12.1 Å².